The molecule has 0 bridgehead atoms. The third kappa shape index (κ3) is 7.61. The topological polar surface area (TPSA) is 149 Å². The number of pyridine rings is 1. The third-order valence-corrected chi connectivity index (χ3v) is 10.6. The van der Waals surface area contributed by atoms with E-state index in [2.05, 4.69) is 68.8 Å². The van der Waals surface area contributed by atoms with Gasteiger partial charge in [0.05, 0.1) is 49.4 Å². The first-order valence-electron chi connectivity index (χ1n) is 18.6. The lowest BCUT2D eigenvalue weighted by Crippen LogP contribution is -2.42. The number of hydrogen-bond donors (Lipinski definition) is 3. The minimum absolute atomic E-state index is 0.0661. The highest BCUT2D eigenvalue weighted by atomic mass is 16.5. The predicted molar refractivity (Wildman–Crippen MR) is 207 cm³/mol. The number of aromatic nitrogens is 5. The number of rotatable bonds is 10. The van der Waals surface area contributed by atoms with Crippen LogP contribution in [-0.4, -0.2) is 72.8 Å². The number of alkyl carbamates (subject to hydrolysis) is 1. The SMILES string of the molecule is COC(=O)N[C@@H](C(=O)N1CCC[C@H]1c1ncc(-c2ccc(-c3ccc(-c4cnc([C@@H]5CCCN5C(=O)Cc5cccnc5)[nH]4)cc3)cc2)[nH]1)c1ccccc1. The number of aromatic amines is 2. The summed E-state index contributed by atoms with van der Waals surface area (Å²) in [6, 6.07) is 28.5. The second-order valence-corrected chi connectivity index (χ2v) is 14.0. The summed E-state index contributed by atoms with van der Waals surface area (Å²) in [5, 5.41) is 2.71. The molecule has 55 heavy (non-hydrogen) atoms. The molecule has 2 saturated heterocycles. The Morgan fingerprint density at radius 2 is 1.29 bits per heavy atom. The molecule has 3 aromatic carbocycles. The quantitative estimate of drug-likeness (QED) is 0.135. The molecule has 3 atom stereocenters. The molecule has 3 aromatic heterocycles. The monoisotopic (exact) mass is 734 g/mol. The van der Waals surface area contributed by atoms with E-state index in [9.17, 15) is 14.4 Å². The summed E-state index contributed by atoms with van der Waals surface area (Å²) in [5.74, 6) is 1.41. The van der Waals surface area contributed by atoms with Gasteiger partial charge in [0.25, 0.3) is 5.91 Å². The number of amides is 3. The number of carbonyl (C=O) groups excluding carboxylic acids is 3. The summed E-state index contributed by atoms with van der Waals surface area (Å²) in [4.78, 5) is 63.4. The Labute approximate surface area is 319 Å². The van der Waals surface area contributed by atoms with Gasteiger partial charge in [-0.2, -0.15) is 0 Å². The predicted octanol–water partition coefficient (Wildman–Crippen LogP) is 7.20. The lowest BCUT2D eigenvalue weighted by Gasteiger charge is -2.28. The summed E-state index contributed by atoms with van der Waals surface area (Å²) in [7, 11) is 1.29. The first-order valence-corrected chi connectivity index (χ1v) is 18.6. The number of nitrogens with zero attached hydrogens (tertiary/aromatic N) is 5. The van der Waals surface area contributed by atoms with Crippen LogP contribution in [-0.2, 0) is 20.7 Å². The second kappa shape index (κ2) is 15.8. The van der Waals surface area contributed by atoms with E-state index in [1.807, 2.05) is 59.8 Å². The molecule has 0 aliphatic carbocycles. The summed E-state index contributed by atoms with van der Waals surface area (Å²) in [5.41, 5.74) is 7.53. The van der Waals surface area contributed by atoms with Crippen LogP contribution in [0.3, 0.4) is 0 Å². The normalized spacial score (nSPS) is 17.3. The number of imidazole rings is 2. The first kappa shape index (κ1) is 35.5. The van der Waals surface area contributed by atoms with Crippen molar-refractivity contribution < 1.29 is 19.1 Å². The fourth-order valence-electron chi connectivity index (χ4n) is 7.71. The maximum absolute atomic E-state index is 13.9. The largest absolute Gasteiger partial charge is 0.453 e. The maximum atomic E-state index is 13.9. The third-order valence-electron chi connectivity index (χ3n) is 10.6. The Morgan fingerprint density at radius 1 is 0.727 bits per heavy atom. The molecule has 6 aromatic rings. The van der Waals surface area contributed by atoms with E-state index >= 15 is 0 Å². The van der Waals surface area contributed by atoms with Gasteiger partial charge < -0.3 is 29.8 Å². The van der Waals surface area contributed by atoms with Crippen molar-refractivity contribution in [1.29, 1.82) is 0 Å². The molecule has 2 aliphatic heterocycles. The van der Waals surface area contributed by atoms with Crippen LogP contribution >= 0.6 is 0 Å². The van der Waals surface area contributed by atoms with Crippen molar-refractivity contribution in [1.82, 2.24) is 40.0 Å². The number of benzene rings is 3. The van der Waals surface area contributed by atoms with Gasteiger partial charge in [-0.1, -0.05) is 84.9 Å². The van der Waals surface area contributed by atoms with E-state index in [4.69, 9.17) is 14.7 Å². The Kier molecular flexibility index (Phi) is 10.2. The van der Waals surface area contributed by atoms with Crippen LogP contribution in [0.1, 0.15) is 66.6 Å². The number of nitrogens with one attached hydrogen (secondary N) is 3. The van der Waals surface area contributed by atoms with E-state index in [1.54, 1.807) is 17.3 Å². The van der Waals surface area contributed by atoms with Crippen molar-refractivity contribution in [3.8, 4) is 33.6 Å². The van der Waals surface area contributed by atoms with Crippen LogP contribution in [0, 0.1) is 0 Å². The number of ether oxygens (including phenoxy) is 1. The van der Waals surface area contributed by atoms with E-state index in [1.165, 1.54) is 7.11 Å². The molecule has 12 heteroatoms. The smallest absolute Gasteiger partial charge is 0.407 e. The summed E-state index contributed by atoms with van der Waals surface area (Å²) < 4.78 is 4.82. The molecule has 278 valence electrons. The van der Waals surface area contributed by atoms with E-state index in [0.29, 0.717) is 24.4 Å². The maximum Gasteiger partial charge on any atom is 0.407 e. The molecule has 2 aliphatic rings. The van der Waals surface area contributed by atoms with E-state index in [0.717, 1.165) is 77.3 Å². The van der Waals surface area contributed by atoms with Crippen molar-refractivity contribution >= 4 is 17.9 Å². The molecule has 3 amide bonds. The van der Waals surface area contributed by atoms with E-state index < -0.39 is 12.1 Å². The van der Waals surface area contributed by atoms with Crippen LogP contribution in [0.25, 0.3) is 33.6 Å². The second-order valence-electron chi connectivity index (χ2n) is 14.0. The minimum Gasteiger partial charge on any atom is -0.453 e. The molecule has 3 N–H and O–H groups in total. The highest BCUT2D eigenvalue weighted by Gasteiger charge is 2.37. The average molecular weight is 735 g/mol. The summed E-state index contributed by atoms with van der Waals surface area (Å²) >= 11 is 0. The van der Waals surface area contributed by atoms with Gasteiger partial charge in [-0.05, 0) is 65.1 Å². The molecule has 8 rings (SSSR count). The molecule has 0 radical (unpaired) electrons. The molecular formula is C43H42N8O4. The van der Waals surface area contributed by atoms with Gasteiger partial charge in [-0.3, -0.25) is 14.6 Å². The zero-order chi connectivity index (χ0) is 37.7. The number of hydrogen-bond acceptors (Lipinski definition) is 7. The zero-order valence-corrected chi connectivity index (χ0v) is 30.5. The summed E-state index contributed by atoms with van der Waals surface area (Å²) in [6.07, 6.45) is 10.2. The van der Waals surface area contributed by atoms with Gasteiger partial charge in [0.1, 0.15) is 17.7 Å². The van der Waals surface area contributed by atoms with Crippen molar-refractivity contribution in [3.63, 3.8) is 0 Å². The fraction of sp³-hybridized carbons (Fsp3) is 0.256. The van der Waals surface area contributed by atoms with Gasteiger partial charge in [0.15, 0.2) is 0 Å². The van der Waals surface area contributed by atoms with Crippen LogP contribution in [0.5, 0.6) is 0 Å². The Hall–Kier alpha value is -6.56. The van der Waals surface area contributed by atoms with Crippen LogP contribution in [0.15, 0.2) is 116 Å². The molecular weight excluding hydrogens is 693 g/mol. The number of likely N-dealkylation sites (tertiary alicyclic amines) is 2. The van der Waals surface area contributed by atoms with E-state index in [-0.39, 0.29) is 23.9 Å². The van der Waals surface area contributed by atoms with Crippen LogP contribution in [0.4, 0.5) is 4.79 Å². The standard InChI is InChI=1S/C43H42N8O4/c1-55-43(54)49-39(33-9-3-2-4-10-33)42(53)51-23-7-12-37(51)41-46-27-35(48-41)32-19-15-30(16-20-32)29-13-17-31(18-14-29)34-26-45-40(47-34)36-11-6-22-50(36)38(52)24-28-8-5-21-44-25-28/h2-5,8-10,13-21,25-27,36-37,39H,6-7,11-12,22-24H2,1H3,(H,45,47)(H,46,48)(H,49,54)/t36-,37-,39+/m0/s1. The molecule has 2 fully saturated rings. The molecule has 12 nitrogen and oxygen atoms in total. The zero-order valence-electron chi connectivity index (χ0n) is 30.5. The lowest BCUT2D eigenvalue weighted by molar-refractivity contribution is -0.134. The lowest BCUT2D eigenvalue weighted by atomic mass is 10.0. The van der Waals surface area contributed by atoms with Gasteiger partial charge >= 0.3 is 6.09 Å². The van der Waals surface area contributed by atoms with Crippen LogP contribution in [0.2, 0.25) is 0 Å². The fourth-order valence-corrected chi connectivity index (χ4v) is 7.71. The highest BCUT2D eigenvalue weighted by molar-refractivity contribution is 5.87. The average Bonchev–Trinajstić information content (AvgIpc) is 4.08. The molecule has 0 saturated carbocycles. The van der Waals surface area contributed by atoms with Crippen molar-refractivity contribution in [2.75, 3.05) is 20.2 Å². The van der Waals surface area contributed by atoms with Gasteiger partial charge in [-0.15, -0.1) is 0 Å². The Balaban J connectivity index is 0.921. The number of carbonyl (C=O) groups is 3. The van der Waals surface area contributed by atoms with Crippen molar-refractivity contribution in [2.24, 2.45) is 0 Å². The molecule has 0 spiro atoms. The molecule has 0 unspecified atom stereocenters. The number of methoxy groups -OCH3 is 1. The van der Waals surface area contributed by atoms with Crippen molar-refractivity contribution in [2.45, 2.75) is 50.2 Å². The van der Waals surface area contributed by atoms with Gasteiger partial charge in [0, 0.05) is 25.5 Å². The molecule has 5 heterocycles. The highest BCUT2D eigenvalue weighted by Crippen LogP contribution is 2.35. The van der Waals surface area contributed by atoms with Crippen LogP contribution < -0.4 is 5.32 Å². The van der Waals surface area contributed by atoms with Gasteiger partial charge in [0.2, 0.25) is 5.91 Å². The number of H-pyrrole nitrogens is 2. The summed E-state index contributed by atoms with van der Waals surface area (Å²) in [6.45, 7) is 1.29. The Morgan fingerprint density at radius 3 is 1.85 bits per heavy atom. The first-order chi connectivity index (χ1) is 26.9. The minimum atomic E-state index is -0.870. The van der Waals surface area contributed by atoms with Crippen molar-refractivity contribution in [3.05, 3.63) is 139 Å². The van der Waals surface area contributed by atoms with Gasteiger partial charge in [-0.25, -0.2) is 14.8 Å². The Bertz CT molecular complexity index is 2250.